The van der Waals surface area contributed by atoms with E-state index < -0.39 is 0 Å². The van der Waals surface area contributed by atoms with Crippen LogP contribution in [0.3, 0.4) is 0 Å². The number of rotatable bonds is 4. The van der Waals surface area contributed by atoms with Crippen LogP contribution in [0, 0.1) is 0 Å². The third-order valence-electron chi connectivity index (χ3n) is 2.30. The molecule has 0 bridgehead atoms. The largest absolute Gasteiger partial charge is 0.298 e. The van der Waals surface area contributed by atoms with E-state index in [1.807, 2.05) is 24.5 Å². The Morgan fingerprint density at radius 2 is 2.38 bits per heavy atom. The SMILES string of the molecule is C/C=C/C=C/C(=O)Nc1nc(C2CC2)cs1. The standard InChI is InChI=1S/C12H14N2OS/c1-2-3-4-5-11(15)14-12-13-10(8-16-12)9-6-7-9/h2-5,8-9H,6-7H2,1H3,(H,13,14,15)/b3-2+,5-4+. The van der Waals surface area contributed by atoms with Gasteiger partial charge in [0.2, 0.25) is 5.91 Å². The lowest BCUT2D eigenvalue weighted by molar-refractivity contribution is -0.111. The third-order valence-corrected chi connectivity index (χ3v) is 3.07. The lowest BCUT2D eigenvalue weighted by Gasteiger charge is -1.94. The second-order valence-corrected chi connectivity index (χ2v) is 4.58. The van der Waals surface area contributed by atoms with Gasteiger partial charge < -0.3 is 0 Å². The van der Waals surface area contributed by atoms with Gasteiger partial charge in [-0.05, 0) is 19.8 Å². The number of carbonyl (C=O) groups excluding carboxylic acids is 1. The fourth-order valence-corrected chi connectivity index (χ4v) is 2.11. The van der Waals surface area contributed by atoms with Crippen molar-refractivity contribution in [2.75, 3.05) is 5.32 Å². The van der Waals surface area contributed by atoms with Crippen molar-refractivity contribution in [3.63, 3.8) is 0 Å². The Morgan fingerprint density at radius 3 is 3.06 bits per heavy atom. The van der Waals surface area contributed by atoms with Crippen LogP contribution in [-0.4, -0.2) is 10.9 Å². The normalized spacial score (nSPS) is 16.1. The maximum Gasteiger partial charge on any atom is 0.250 e. The summed E-state index contributed by atoms with van der Waals surface area (Å²) in [7, 11) is 0. The minimum atomic E-state index is -0.130. The van der Waals surface area contributed by atoms with Crippen LogP contribution >= 0.6 is 11.3 Å². The highest BCUT2D eigenvalue weighted by atomic mass is 32.1. The molecule has 2 rings (SSSR count). The van der Waals surface area contributed by atoms with Crippen molar-refractivity contribution in [1.82, 2.24) is 4.98 Å². The molecule has 16 heavy (non-hydrogen) atoms. The van der Waals surface area contributed by atoms with Gasteiger partial charge in [0.15, 0.2) is 5.13 Å². The Kier molecular flexibility index (Phi) is 3.51. The van der Waals surface area contributed by atoms with E-state index in [-0.39, 0.29) is 5.91 Å². The van der Waals surface area contributed by atoms with Crippen LogP contribution in [0.2, 0.25) is 0 Å². The molecule has 0 saturated heterocycles. The van der Waals surface area contributed by atoms with E-state index in [0.29, 0.717) is 11.0 Å². The Hall–Kier alpha value is -1.42. The van der Waals surface area contributed by atoms with Gasteiger partial charge in [0.05, 0.1) is 5.69 Å². The van der Waals surface area contributed by atoms with E-state index in [1.165, 1.54) is 30.3 Å². The van der Waals surface area contributed by atoms with Gasteiger partial charge in [-0.3, -0.25) is 10.1 Å². The van der Waals surface area contributed by atoms with E-state index >= 15 is 0 Å². The Bertz CT molecular complexity index is 430. The number of amides is 1. The summed E-state index contributed by atoms with van der Waals surface area (Å²) in [4.78, 5) is 15.8. The van der Waals surface area contributed by atoms with Gasteiger partial charge >= 0.3 is 0 Å². The molecule has 84 valence electrons. The average Bonchev–Trinajstić information content (AvgIpc) is 3.01. The van der Waals surface area contributed by atoms with Crippen molar-refractivity contribution in [1.29, 1.82) is 0 Å². The number of carbonyl (C=O) groups is 1. The quantitative estimate of drug-likeness (QED) is 0.642. The predicted octanol–water partition coefficient (Wildman–Crippen LogP) is 3.09. The number of nitrogens with one attached hydrogen (secondary N) is 1. The predicted molar refractivity (Wildman–Crippen MR) is 66.7 cm³/mol. The zero-order chi connectivity index (χ0) is 11.4. The molecule has 0 atom stereocenters. The van der Waals surface area contributed by atoms with Gasteiger partial charge in [-0.1, -0.05) is 18.2 Å². The van der Waals surface area contributed by atoms with Crippen LogP contribution in [0.1, 0.15) is 31.4 Å². The maximum absolute atomic E-state index is 11.4. The molecule has 1 aliphatic rings. The van der Waals surface area contributed by atoms with E-state index in [4.69, 9.17) is 0 Å². The second-order valence-electron chi connectivity index (χ2n) is 3.73. The second kappa shape index (κ2) is 5.07. The Balaban J connectivity index is 1.89. The number of hydrogen-bond acceptors (Lipinski definition) is 3. The number of thiazole rings is 1. The fourth-order valence-electron chi connectivity index (χ4n) is 1.31. The molecular weight excluding hydrogens is 220 g/mol. The Morgan fingerprint density at radius 1 is 1.56 bits per heavy atom. The first kappa shape index (κ1) is 11.1. The van der Waals surface area contributed by atoms with E-state index in [9.17, 15) is 4.79 Å². The van der Waals surface area contributed by atoms with Crippen LogP contribution in [0.25, 0.3) is 0 Å². The number of allylic oxidation sites excluding steroid dienone is 3. The summed E-state index contributed by atoms with van der Waals surface area (Å²) in [5.74, 6) is 0.510. The molecule has 0 unspecified atom stereocenters. The number of nitrogens with zero attached hydrogens (tertiary/aromatic N) is 1. The molecule has 1 aromatic rings. The van der Waals surface area contributed by atoms with Crippen LogP contribution in [0.15, 0.2) is 29.7 Å². The van der Waals surface area contributed by atoms with Crippen molar-refractivity contribution in [2.24, 2.45) is 0 Å². The summed E-state index contributed by atoms with van der Waals surface area (Å²) < 4.78 is 0. The van der Waals surface area contributed by atoms with Crippen LogP contribution in [-0.2, 0) is 4.79 Å². The summed E-state index contributed by atoms with van der Waals surface area (Å²) in [5.41, 5.74) is 1.12. The molecule has 0 radical (unpaired) electrons. The van der Waals surface area contributed by atoms with Gasteiger partial charge in [0.1, 0.15) is 0 Å². The van der Waals surface area contributed by atoms with Crippen molar-refractivity contribution < 1.29 is 4.79 Å². The van der Waals surface area contributed by atoms with Gasteiger partial charge in [-0.25, -0.2) is 4.98 Å². The zero-order valence-corrected chi connectivity index (χ0v) is 9.96. The molecular formula is C12H14N2OS. The molecule has 1 N–H and O–H groups in total. The molecule has 0 aliphatic heterocycles. The van der Waals surface area contributed by atoms with Crippen LogP contribution in [0.5, 0.6) is 0 Å². The van der Waals surface area contributed by atoms with Gasteiger partial charge in [0.25, 0.3) is 0 Å². The van der Waals surface area contributed by atoms with Crippen molar-refractivity contribution in [2.45, 2.75) is 25.7 Å². The highest BCUT2D eigenvalue weighted by molar-refractivity contribution is 7.14. The van der Waals surface area contributed by atoms with E-state index in [2.05, 4.69) is 10.3 Å². The van der Waals surface area contributed by atoms with Gasteiger partial charge in [-0.2, -0.15) is 0 Å². The average molecular weight is 234 g/mol. The molecule has 0 aromatic carbocycles. The summed E-state index contributed by atoms with van der Waals surface area (Å²) in [6.07, 6.45) is 9.37. The summed E-state index contributed by atoms with van der Waals surface area (Å²) in [6.45, 7) is 1.91. The molecule has 1 amide bonds. The molecule has 4 heteroatoms. The van der Waals surface area contributed by atoms with Crippen LogP contribution in [0.4, 0.5) is 5.13 Å². The van der Waals surface area contributed by atoms with Crippen molar-refractivity contribution >= 4 is 22.4 Å². The molecule has 1 aromatic heterocycles. The fraction of sp³-hybridized carbons (Fsp3) is 0.333. The monoisotopic (exact) mass is 234 g/mol. The maximum atomic E-state index is 11.4. The number of anilines is 1. The highest BCUT2D eigenvalue weighted by Crippen LogP contribution is 2.40. The highest BCUT2D eigenvalue weighted by Gasteiger charge is 2.26. The molecule has 3 nitrogen and oxygen atoms in total. The minimum Gasteiger partial charge on any atom is -0.298 e. The number of hydrogen-bond donors (Lipinski definition) is 1. The van der Waals surface area contributed by atoms with Crippen LogP contribution < -0.4 is 5.32 Å². The lowest BCUT2D eigenvalue weighted by Crippen LogP contribution is -2.07. The first-order chi connectivity index (χ1) is 7.79. The topological polar surface area (TPSA) is 42.0 Å². The summed E-state index contributed by atoms with van der Waals surface area (Å²) >= 11 is 1.49. The molecule has 0 spiro atoms. The summed E-state index contributed by atoms with van der Waals surface area (Å²) in [5, 5.41) is 5.47. The van der Waals surface area contributed by atoms with Crippen molar-refractivity contribution in [3.8, 4) is 0 Å². The van der Waals surface area contributed by atoms with Gasteiger partial charge in [-0.15, -0.1) is 11.3 Å². The molecule has 1 aliphatic carbocycles. The van der Waals surface area contributed by atoms with Gasteiger partial charge in [0, 0.05) is 17.4 Å². The lowest BCUT2D eigenvalue weighted by atomic mass is 10.3. The first-order valence-corrected chi connectivity index (χ1v) is 6.23. The molecule has 1 saturated carbocycles. The Labute approximate surface area is 98.9 Å². The van der Waals surface area contributed by atoms with E-state index in [0.717, 1.165) is 5.69 Å². The minimum absolute atomic E-state index is 0.130. The smallest absolute Gasteiger partial charge is 0.250 e. The molecule has 1 heterocycles. The zero-order valence-electron chi connectivity index (χ0n) is 9.14. The first-order valence-electron chi connectivity index (χ1n) is 5.35. The van der Waals surface area contributed by atoms with E-state index in [1.54, 1.807) is 6.08 Å². The number of aromatic nitrogens is 1. The van der Waals surface area contributed by atoms with Crippen molar-refractivity contribution in [3.05, 3.63) is 35.4 Å². The third kappa shape index (κ3) is 3.03. The molecule has 1 fully saturated rings. The summed E-state index contributed by atoms with van der Waals surface area (Å²) in [6, 6.07) is 0.